The molecule has 1 saturated carbocycles. The van der Waals surface area contributed by atoms with E-state index in [-0.39, 0.29) is 6.03 Å². The monoisotopic (exact) mass is 276 g/mol. The van der Waals surface area contributed by atoms with Crippen molar-refractivity contribution in [2.75, 3.05) is 11.9 Å². The maximum atomic E-state index is 11.9. The van der Waals surface area contributed by atoms with Crippen molar-refractivity contribution in [3.8, 4) is 0 Å². The summed E-state index contributed by atoms with van der Waals surface area (Å²) in [5.74, 6) is 0.605. The first-order valence-electron chi connectivity index (χ1n) is 7.26. The predicted octanol–water partition coefficient (Wildman–Crippen LogP) is 3.30. The molecule has 0 saturated heterocycles. The molecule has 1 unspecified atom stereocenters. The lowest BCUT2D eigenvalue weighted by Crippen LogP contribution is -2.35. The third kappa shape index (κ3) is 3.51. The molecule has 1 aliphatic rings. The molecule has 4 heteroatoms. The highest BCUT2D eigenvalue weighted by atomic mass is 16.3. The normalized spacial score (nSPS) is 17.6. The Labute approximate surface area is 120 Å². The fourth-order valence-corrected chi connectivity index (χ4v) is 2.40. The van der Waals surface area contributed by atoms with Gasteiger partial charge in [-0.25, -0.2) is 4.79 Å². The number of hydrogen-bond acceptors (Lipinski definition) is 2. The van der Waals surface area contributed by atoms with E-state index < -0.39 is 6.10 Å². The van der Waals surface area contributed by atoms with Gasteiger partial charge in [-0.15, -0.1) is 0 Å². The highest BCUT2D eigenvalue weighted by molar-refractivity contribution is 5.89. The summed E-state index contributed by atoms with van der Waals surface area (Å²) in [5.41, 5.74) is 1.89. The number of urea groups is 1. The first-order valence-corrected chi connectivity index (χ1v) is 7.26. The van der Waals surface area contributed by atoms with E-state index in [1.54, 1.807) is 19.1 Å². The first-order chi connectivity index (χ1) is 9.43. The van der Waals surface area contributed by atoms with E-state index in [4.69, 9.17) is 0 Å². The number of carbonyl (C=O) groups excluding carboxylic acids is 1. The van der Waals surface area contributed by atoms with Crippen LogP contribution < -0.4 is 10.6 Å². The summed E-state index contributed by atoms with van der Waals surface area (Å²) in [6.45, 7) is 6.88. The average molecular weight is 276 g/mol. The Bertz CT molecular complexity index is 462. The van der Waals surface area contributed by atoms with Crippen LogP contribution in [0.25, 0.3) is 0 Å². The fraction of sp³-hybridized carbons (Fsp3) is 0.562. The summed E-state index contributed by atoms with van der Waals surface area (Å²) < 4.78 is 0. The molecule has 2 rings (SSSR count). The Balaban J connectivity index is 1.82. The summed E-state index contributed by atoms with van der Waals surface area (Å²) in [5, 5.41) is 15.2. The molecular weight excluding hydrogens is 252 g/mol. The van der Waals surface area contributed by atoms with E-state index in [9.17, 15) is 9.90 Å². The molecule has 1 aromatic rings. The second kappa shape index (κ2) is 5.83. The third-order valence-electron chi connectivity index (χ3n) is 4.37. The smallest absolute Gasteiger partial charge is 0.319 e. The average Bonchev–Trinajstić information content (AvgIpc) is 3.18. The van der Waals surface area contributed by atoms with Gasteiger partial charge in [0.05, 0.1) is 6.10 Å². The van der Waals surface area contributed by atoms with Crippen molar-refractivity contribution in [2.24, 2.45) is 11.3 Å². The zero-order valence-electron chi connectivity index (χ0n) is 12.4. The van der Waals surface area contributed by atoms with E-state index in [0.717, 1.165) is 17.8 Å². The Hall–Kier alpha value is -1.55. The molecule has 0 bridgehead atoms. The topological polar surface area (TPSA) is 61.4 Å². The van der Waals surface area contributed by atoms with Gasteiger partial charge in [-0.3, -0.25) is 0 Å². The minimum Gasteiger partial charge on any atom is -0.389 e. The quantitative estimate of drug-likeness (QED) is 0.772. The lowest BCUT2D eigenvalue weighted by atomic mass is 9.92. The lowest BCUT2D eigenvalue weighted by molar-refractivity contribution is 0.199. The summed E-state index contributed by atoms with van der Waals surface area (Å²) >= 11 is 0. The molecule has 20 heavy (non-hydrogen) atoms. The first kappa shape index (κ1) is 14.9. The molecule has 1 atom stereocenters. The Kier molecular flexibility index (Phi) is 4.33. The second-order valence-corrected chi connectivity index (χ2v) is 6.12. The van der Waals surface area contributed by atoms with Crippen LogP contribution in [0.15, 0.2) is 24.3 Å². The number of hydrogen-bond donors (Lipinski definition) is 3. The van der Waals surface area contributed by atoms with Gasteiger partial charge >= 0.3 is 6.03 Å². The van der Waals surface area contributed by atoms with Gasteiger partial charge in [0.1, 0.15) is 0 Å². The van der Waals surface area contributed by atoms with Crippen LogP contribution in [-0.4, -0.2) is 17.7 Å². The van der Waals surface area contributed by atoms with Crippen molar-refractivity contribution < 1.29 is 9.90 Å². The predicted molar refractivity (Wildman–Crippen MR) is 80.6 cm³/mol. The zero-order valence-corrected chi connectivity index (χ0v) is 12.4. The Morgan fingerprint density at radius 2 is 1.85 bits per heavy atom. The summed E-state index contributed by atoms with van der Waals surface area (Å²) in [7, 11) is 0. The second-order valence-electron chi connectivity index (χ2n) is 6.12. The number of aliphatic hydroxyl groups excluding tert-OH is 1. The van der Waals surface area contributed by atoms with E-state index >= 15 is 0 Å². The van der Waals surface area contributed by atoms with E-state index in [1.165, 1.54) is 12.8 Å². The molecule has 2 amide bonds. The number of carbonyl (C=O) groups is 1. The SMILES string of the molecule is CC(O)c1ccc(NC(=O)NCC2(C(C)C)CC2)cc1. The van der Waals surface area contributed by atoms with Crippen molar-refractivity contribution in [3.05, 3.63) is 29.8 Å². The third-order valence-corrected chi connectivity index (χ3v) is 4.37. The largest absolute Gasteiger partial charge is 0.389 e. The molecule has 3 N–H and O–H groups in total. The number of aliphatic hydroxyl groups is 1. The van der Waals surface area contributed by atoms with Crippen LogP contribution >= 0.6 is 0 Å². The van der Waals surface area contributed by atoms with Crippen molar-refractivity contribution >= 4 is 11.7 Å². The van der Waals surface area contributed by atoms with Crippen LogP contribution in [0.2, 0.25) is 0 Å². The van der Waals surface area contributed by atoms with Crippen molar-refractivity contribution in [1.82, 2.24) is 5.32 Å². The van der Waals surface area contributed by atoms with Crippen molar-refractivity contribution in [1.29, 1.82) is 0 Å². The van der Waals surface area contributed by atoms with Crippen molar-refractivity contribution in [2.45, 2.75) is 39.7 Å². The van der Waals surface area contributed by atoms with Gasteiger partial charge in [0.2, 0.25) is 0 Å². The van der Waals surface area contributed by atoms with Gasteiger partial charge in [0.25, 0.3) is 0 Å². The van der Waals surface area contributed by atoms with Gasteiger partial charge in [0.15, 0.2) is 0 Å². The molecule has 110 valence electrons. The molecular formula is C16H24N2O2. The van der Waals surface area contributed by atoms with Gasteiger partial charge in [0, 0.05) is 12.2 Å². The molecule has 4 nitrogen and oxygen atoms in total. The minimum absolute atomic E-state index is 0.165. The lowest BCUT2D eigenvalue weighted by Gasteiger charge is -2.20. The van der Waals surface area contributed by atoms with Crippen LogP contribution in [0, 0.1) is 11.3 Å². The Morgan fingerprint density at radius 1 is 1.25 bits per heavy atom. The van der Waals surface area contributed by atoms with Crippen LogP contribution in [-0.2, 0) is 0 Å². The number of nitrogens with one attached hydrogen (secondary N) is 2. The van der Waals surface area contributed by atoms with E-state index in [2.05, 4.69) is 24.5 Å². The molecule has 0 spiro atoms. The van der Waals surface area contributed by atoms with E-state index in [1.807, 2.05) is 12.1 Å². The van der Waals surface area contributed by atoms with Gasteiger partial charge in [-0.2, -0.15) is 0 Å². The zero-order chi connectivity index (χ0) is 14.8. The maximum Gasteiger partial charge on any atom is 0.319 e. The molecule has 0 aromatic heterocycles. The highest BCUT2D eigenvalue weighted by Crippen LogP contribution is 2.51. The summed E-state index contributed by atoms with van der Waals surface area (Å²) in [6.07, 6.45) is 1.92. The van der Waals surface area contributed by atoms with Crippen LogP contribution in [0.1, 0.15) is 45.3 Å². The number of rotatable bonds is 5. The molecule has 0 heterocycles. The van der Waals surface area contributed by atoms with Gasteiger partial charge in [-0.05, 0) is 48.8 Å². The molecule has 1 aliphatic carbocycles. The van der Waals surface area contributed by atoms with Gasteiger partial charge in [-0.1, -0.05) is 26.0 Å². The number of anilines is 1. The van der Waals surface area contributed by atoms with E-state index in [0.29, 0.717) is 11.3 Å². The van der Waals surface area contributed by atoms with Crippen molar-refractivity contribution in [3.63, 3.8) is 0 Å². The number of amides is 2. The highest BCUT2D eigenvalue weighted by Gasteiger charge is 2.45. The van der Waals surface area contributed by atoms with Gasteiger partial charge < -0.3 is 15.7 Å². The summed E-state index contributed by atoms with van der Waals surface area (Å²) in [4.78, 5) is 11.9. The van der Waals surface area contributed by atoms with Crippen LogP contribution in [0.4, 0.5) is 10.5 Å². The Morgan fingerprint density at radius 3 is 2.30 bits per heavy atom. The fourth-order valence-electron chi connectivity index (χ4n) is 2.40. The standard InChI is InChI=1S/C16H24N2O2/c1-11(2)16(8-9-16)10-17-15(20)18-14-6-4-13(5-7-14)12(3)19/h4-7,11-12,19H,8-10H2,1-3H3,(H2,17,18,20). The van der Waals surface area contributed by atoms with Crippen LogP contribution in [0.3, 0.4) is 0 Å². The molecule has 1 fully saturated rings. The molecule has 0 aliphatic heterocycles. The maximum absolute atomic E-state index is 11.9. The minimum atomic E-state index is -0.487. The molecule has 0 radical (unpaired) electrons. The summed E-state index contributed by atoms with van der Waals surface area (Å²) in [6, 6.07) is 7.07. The van der Waals surface area contributed by atoms with Crippen LogP contribution in [0.5, 0.6) is 0 Å². The number of benzene rings is 1. The molecule has 1 aromatic carbocycles.